The van der Waals surface area contributed by atoms with E-state index >= 15 is 0 Å². The van der Waals surface area contributed by atoms with E-state index in [0.29, 0.717) is 0 Å². The topological polar surface area (TPSA) is 4.93 Å². The van der Waals surface area contributed by atoms with Crippen molar-refractivity contribution < 1.29 is 0 Å². The molecule has 3 aliphatic rings. The molecule has 0 saturated heterocycles. The van der Waals surface area contributed by atoms with Crippen molar-refractivity contribution in [2.75, 3.05) is 0 Å². The van der Waals surface area contributed by atoms with Crippen LogP contribution in [0.15, 0.2) is 91.0 Å². The fraction of sp³-hybridized carbons (Fsp3) is 0.0909. The van der Waals surface area contributed by atoms with Gasteiger partial charge in [0.15, 0.2) is 0 Å². The van der Waals surface area contributed by atoms with Gasteiger partial charge in [0.05, 0.1) is 16.7 Å². The molecule has 0 bridgehead atoms. The monoisotopic (exact) mass is 431 g/mol. The van der Waals surface area contributed by atoms with Gasteiger partial charge in [-0.2, -0.15) is 0 Å². The van der Waals surface area contributed by atoms with Crippen molar-refractivity contribution in [1.29, 1.82) is 0 Å². The van der Waals surface area contributed by atoms with Gasteiger partial charge >= 0.3 is 0 Å². The van der Waals surface area contributed by atoms with Gasteiger partial charge in [-0.15, -0.1) is 0 Å². The lowest BCUT2D eigenvalue weighted by Crippen LogP contribution is -2.10. The quantitative estimate of drug-likeness (QED) is 0.231. The lowest BCUT2D eigenvalue weighted by molar-refractivity contribution is 1.04. The van der Waals surface area contributed by atoms with E-state index in [-0.39, 0.29) is 0 Å². The summed E-state index contributed by atoms with van der Waals surface area (Å²) in [5.74, 6) is 0. The average molecular weight is 432 g/mol. The molecule has 2 aliphatic carbocycles. The molecule has 0 N–H and O–H groups in total. The second-order valence-electron chi connectivity index (χ2n) is 10.1. The second-order valence-corrected chi connectivity index (χ2v) is 10.1. The van der Waals surface area contributed by atoms with E-state index in [1.807, 2.05) is 0 Å². The first-order chi connectivity index (χ1) is 16.9. The van der Waals surface area contributed by atoms with Crippen LogP contribution in [0.2, 0.25) is 0 Å². The van der Waals surface area contributed by atoms with E-state index in [2.05, 4.69) is 95.6 Å². The molecular formula is C33H21N. The fourth-order valence-corrected chi connectivity index (χ4v) is 7.13. The molecule has 158 valence electrons. The molecule has 2 heterocycles. The Morgan fingerprint density at radius 2 is 1.21 bits per heavy atom. The molecule has 0 atom stereocenters. The lowest BCUT2D eigenvalue weighted by Gasteiger charge is -2.24. The van der Waals surface area contributed by atoms with Crippen LogP contribution in [0, 0.1) is 0 Å². The molecule has 0 amide bonds. The van der Waals surface area contributed by atoms with Crippen LogP contribution in [0.3, 0.4) is 0 Å². The summed E-state index contributed by atoms with van der Waals surface area (Å²) in [6.45, 7) is 0. The third kappa shape index (κ3) is 1.94. The second kappa shape index (κ2) is 5.87. The standard InChI is InChI=1S/C33H21N/c1-2-8-23-19(6-1)17-27-24(23)14-12-20-16-21-13-15-30-28(32(21)31(20)27)18-22-7-5-10-26-25-9-3-4-11-29(25)34(30)33(22)26/h1-15H,16-18H2. The van der Waals surface area contributed by atoms with Gasteiger partial charge in [0, 0.05) is 17.2 Å². The molecule has 1 aromatic heterocycles. The lowest BCUT2D eigenvalue weighted by atomic mass is 9.87. The van der Waals surface area contributed by atoms with Gasteiger partial charge in [0.1, 0.15) is 0 Å². The Hall–Kier alpha value is -4.10. The van der Waals surface area contributed by atoms with E-state index in [1.165, 1.54) is 83.1 Å². The Kier molecular flexibility index (Phi) is 3.00. The minimum atomic E-state index is 1.00. The fourth-order valence-electron chi connectivity index (χ4n) is 7.13. The van der Waals surface area contributed by atoms with Gasteiger partial charge in [-0.1, -0.05) is 78.9 Å². The maximum Gasteiger partial charge on any atom is 0.0576 e. The minimum Gasteiger partial charge on any atom is -0.309 e. The number of fused-ring (bicyclic) bond motifs is 13. The molecule has 9 rings (SSSR count). The molecule has 5 aromatic carbocycles. The summed E-state index contributed by atoms with van der Waals surface area (Å²) in [5.41, 5.74) is 18.9. The molecule has 0 spiro atoms. The SMILES string of the molecule is c1ccc2c(c1)Cc1c-2ccc2c1-c1c(ccc3c1Cc1cccc4c5ccccc5n-3c14)C2. The summed E-state index contributed by atoms with van der Waals surface area (Å²) < 4.78 is 2.54. The zero-order valence-electron chi connectivity index (χ0n) is 18.7. The maximum absolute atomic E-state index is 2.54. The number of rotatable bonds is 0. The highest BCUT2D eigenvalue weighted by Crippen LogP contribution is 2.51. The van der Waals surface area contributed by atoms with Crippen LogP contribution < -0.4 is 0 Å². The Labute approximate surface area is 197 Å². The summed E-state index contributed by atoms with van der Waals surface area (Å²) in [5, 5.41) is 2.72. The first kappa shape index (κ1) is 17.4. The maximum atomic E-state index is 2.54. The van der Waals surface area contributed by atoms with E-state index in [9.17, 15) is 0 Å². The number of benzene rings is 5. The number of hydrogen-bond donors (Lipinski definition) is 0. The number of nitrogens with zero attached hydrogens (tertiary/aromatic N) is 1. The molecule has 1 nitrogen and oxygen atoms in total. The van der Waals surface area contributed by atoms with Gasteiger partial charge in [0.2, 0.25) is 0 Å². The van der Waals surface area contributed by atoms with Crippen LogP contribution in [0.5, 0.6) is 0 Å². The first-order valence-corrected chi connectivity index (χ1v) is 12.3. The van der Waals surface area contributed by atoms with Crippen molar-refractivity contribution in [2.24, 2.45) is 0 Å². The van der Waals surface area contributed by atoms with Gasteiger partial charge in [-0.3, -0.25) is 0 Å². The summed E-state index contributed by atoms with van der Waals surface area (Å²) in [4.78, 5) is 0. The van der Waals surface area contributed by atoms with Crippen LogP contribution in [0.4, 0.5) is 0 Å². The van der Waals surface area contributed by atoms with Crippen LogP contribution in [-0.2, 0) is 19.3 Å². The van der Waals surface area contributed by atoms with Crippen LogP contribution in [0.25, 0.3) is 49.7 Å². The van der Waals surface area contributed by atoms with Crippen LogP contribution in [0.1, 0.15) is 33.4 Å². The summed E-state index contributed by atoms with van der Waals surface area (Å²) in [6.07, 6.45) is 3.10. The van der Waals surface area contributed by atoms with E-state index in [4.69, 9.17) is 0 Å². The molecule has 0 radical (unpaired) electrons. The smallest absolute Gasteiger partial charge is 0.0576 e. The highest BCUT2D eigenvalue weighted by atomic mass is 15.0. The predicted octanol–water partition coefficient (Wildman–Crippen LogP) is 7.83. The molecule has 0 fully saturated rings. The summed E-state index contributed by atoms with van der Waals surface area (Å²) >= 11 is 0. The van der Waals surface area contributed by atoms with E-state index < -0.39 is 0 Å². The Balaban J connectivity index is 1.39. The Morgan fingerprint density at radius 1 is 0.471 bits per heavy atom. The van der Waals surface area contributed by atoms with Gasteiger partial charge in [-0.05, 0) is 80.6 Å². The van der Waals surface area contributed by atoms with E-state index in [0.717, 1.165) is 19.3 Å². The molecular weight excluding hydrogens is 410 g/mol. The number of para-hydroxylation sites is 2. The summed E-state index contributed by atoms with van der Waals surface area (Å²) in [7, 11) is 0. The number of aromatic nitrogens is 1. The van der Waals surface area contributed by atoms with Crippen molar-refractivity contribution >= 4 is 21.8 Å². The van der Waals surface area contributed by atoms with Gasteiger partial charge in [0.25, 0.3) is 0 Å². The average Bonchev–Trinajstić information content (AvgIpc) is 3.55. The third-order valence-corrected chi connectivity index (χ3v) is 8.47. The van der Waals surface area contributed by atoms with Crippen molar-refractivity contribution in [3.05, 3.63) is 124 Å². The molecule has 1 heteroatoms. The number of hydrogen-bond acceptors (Lipinski definition) is 0. The molecule has 1 aliphatic heterocycles. The first-order valence-electron chi connectivity index (χ1n) is 12.3. The molecule has 0 saturated carbocycles. The van der Waals surface area contributed by atoms with E-state index in [1.54, 1.807) is 0 Å². The van der Waals surface area contributed by atoms with Crippen molar-refractivity contribution in [1.82, 2.24) is 4.57 Å². The highest BCUT2D eigenvalue weighted by Gasteiger charge is 2.33. The molecule has 0 unspecified atom stereocenters. The highest BCUT2D eigenvalue weighted by molar-refractivity contribution is 6.11. The summed E-state index contributed by atoms with van der Waals surface area (Å²) in [6, 6.07) is 34.3. The molecule has 6 aromatic rings. The van der Waals surface area contributed by atoms with Gasteiger partial charge in [-0.25, -0.2) is 0 Å². The normalized spacial score (nSPS) is 14.1. The Morgan fingerprint density at radius 3 is 2.18 bits per heavy atom. The predicted molar refractivity (Wildman–Crippen MR) is 140 cm³/mol. The minimum absolute atomic E-state index is 1.00. The zero-order valence-corrected chi connectivity index (χ0v) is 18.7. The Bertz CT molecular complexity index is 1880. The van der Waals surface area contributed by atoms with Crippen LogP contribution >= 0.6 is 0 Å². The largest absolute Gasteiger partial charge is 0.309 e. The van der Waals surface area contributed by atoms with Gasteiger partial charge < -0.3 is 4.57 Å². The third-order valence-electron chi connectivity index (χ3n) is 8.47. The van der Waals surface area contributed by atoms with Crippen molar-refractivity contribution in [3.8, 4) is 27.9 Å². The van der Waals surface area contributed by atoms with Crippen molar-refractivity contribution in [3.63, 3.8) is 0 Å². The van der Waals surface area contributed by atoms with Crippen molar-refractivity contribution in [2.45, 2.75) is 19.3 Å². The van der Waals surface area contributed by atoms with Crippen LogP contribution in [-0.4, -0.2) is 4.57 Å². The molecule has 34 heavy (non-hydrogen) atoms. The zero-order chi connectivity index (χ0) is 22.0.